The molecule has 1 aliphatic carbocycles. The summed E-state index contributed by atoms with van der Waals surface area (Å²) in [5.74, 6) is 0.176. The van der Waals surface area contributed by atoms with Gasteiger partial charge in [0, 0.05) is 18.2 Å². The molecule has 1 amide bonds. The van der Waals surface area contributed by atoms with Gasteiger partial charge in [0.15, 0.2) is 0 Å². The molecule has 1 saturated carbocycles. The highest BCUT2D eigenvalue weighted by atomic mass is 16.7. The minimum Gasteiger partial charge on any atom is -0.399 e. The van der Waals surface area contributed by atoms with E-state index < -0.39 is 7.12 Å². The molecular weight excluding hydrogens is 301 g/mol. The van der Waals surface area contributed by atoms with Gasteiger partial charge in [0.2, 0.25) is 0 Å². The third kappa shape index (κ3) is 2.32. The van der Waals surface area contributed by atoms with Crippen molar-refractivity contribution in [1.29, 1.82) is 0 Å². The molecule has 0 N–H and O–H groups in total. The molecule has 5 heteroatoms. The molecule has 0 aromatic heterocycles. The van der Waals surface area contributed by atoms with Gasteiger partial charge in [-0.25, -0.2) is 0 Å². The summed E-state index contributed by atoms with van der Waals surface area (Å²) in [6, 6.07) is 6.35. The standard InChI is InChI=1S/C19H26BNO3/c1-18(2)19(3,4)24-20(23-18)16-11-7-10-14-15(16)12-21(17(14)22)13-8-5-6-9-13/h7,10-11,13H,5-6,8-9,12H2,1-4H3. The van der Waals surface area contributed by atoms with Crippen molar-refractivity contribution in [3.05, 3.63) is 29.3 Å². The van der Waals surface area contributed by atoms with Gasteiger partial charge >= 0.3 is 7.12 Å². The molecule has 2 aliphatic heterocycles. The summed E-state index contributed by atoms with van der Waals surface area (Å²) in [7, 11) is -0.402. The largest absolute Gasteiger partial charge is 0.495 e. The maximum Gasteiger partial charge on any atom is 0.495 e. The number of carbonyl (C=O) groups excluding carboxylic acids is 1. The van der Waals surface area contributed by atoms with Crippen LogP contribution in [-0.2, 0) is 15.9 Å². The van der Waals surface area contributed by atoms with Crippen LogP contribution in [0.4, 0.5) is 0 Å². The van der Waals surface area contributed by atoms with E-state index in [0.717, 1.165) is 29.4 Å². The number of rotatable bonds is 2. The first kappa shape index (κ1) is 16.2. The summed E-state index contributed by atoms with van der Waals surface area (Å²) >= 11 is 0. The van der Waals surface area contributed by atoms with Crippen LogP contribution < -0.4 is 5.46 Å². The Bertz CT molecular complexity index is 663. The summed E-state index contributed by atoms with van der Waals surface area (Å²) in [5.41, 5.74) is 2.20. The molecule has 0 atom stereocenters. The highest BCUT2D eigenvalue weighted by Crippen LogP contribution is 2.38. The van der Waals surface area contributed by atoms with Crippen LogP contribution in [0.15, 0.2) is 18.2 Å². The van der Waals surface area contributed by atoms with Crippen molar-refractivity contribution in [3.63, 3.8) is 0 Å². The fourth-order valence-electron chi connectivity index (χ4n) is 4.08. The van der Waals surface area contributed by atoms with Gasteiger partial charge in [-0.3, -0.25) is 4.79 Å². The molecule has 2 heterocycles. The fourth-order valence-corrected chi connectivity index (χ4v) is 4.08. The Morgan fingerprint density at radius 2 is 1.71 bits per heavy atom. The van der Waals surface area contributed by atoms with E-state index in [2.05, 4.69) is 32.6 Å². The zero-order chi connectivity index (χ0) is 17.1. The Morgan fingerprint density at radius 1 is 1.08 bits per heavy atom. The number of carbonyl (C=O) groups is 1. The summed E-state index contributed by atoms with van der Waals surface area (Å²) in [6.45, 7) is 8.94. The maximum absolute atomic E-state index is 12.8. The fraction of sp³-hybridized carbons (Fsp3) is 0.632. The molecule has 0 bridgehead atoms. The van der Waals surface area contributed by atoms with Crippen molar-refractivity contribution in [2.75, 3.05) is 0 Å². The molecule has 128 valence electrons. The van der Waals surface area contributed by atoms with Gasteiger partial charge < -0.3 is 14.2 Å². The van der Waals surface area contributed by atoms with Crippen LogP contribution in [0.3, 0.4) is 0 Å². The van der Waals surface area contributed by atoms with Crippen molar-refractivity contribution in [2.24, 2.45) is 0 Å². The predicted octanol–water partition coefficient (Wildman–Crippen LogP) is 2.88. The normalized spacial score (nSPS) is 25.6. The van der Waals surface area contributed by atoms with Crippen molar-refractivity contribution in [3.8, 4) is 0 Å². The van der Waals surface area contributed by atoms with Crippen LogP contribution in [0.1, 0.15) is 69.3 Å². The molecule has 0 radical (unpaired) electrons. The molecule has 24 heavy (non-hydrogen) atoms. The van der Waals surface area contributed by atoms with Gasteiger partial charge in [-0.15, -0.1) is 0 Å². The van der Waals surface area contributed by atoms with E-state index >= 15 is 0 Å². The van der Waals surface area contributed by atoms with Crippen molar-refractivity contribution in [2.45, 2.75) is 77.2 Å². The van der Waals surface area contributed by atoms with E-state index in [1.807, 2.05) is 18.2 Å². The van der Waals surface area contributed by atoms with Crippen LogP contribution in [-0.4, -0.2) is 35.2 Å². The molecule has 0 unspecified atom stereocenters. The summed E-state index contributed by atoms with van der Waals surface area (Å²) in [6.07, 6.45) is 4.72. The monoisotopic (exact) mass is 327 g/mol. The number of hydrogen-bond donors (Lipinski definition) is 0. The number of benzene rings is 1. The van der Waals surface area contributed by atoms with Crippen LogP contribution in [0.25, 0.3) is 0 Å². The first-order chi connectivity index (χ1) is 11.3. The summed E-state index contributed by atoms with van der Waals surface area (Å²) < 4.78 is 12.4. The zero-order valence-electron chi connectivity index (χ0n) is 15.1. The Balaban J connectivity index is 1.66. The Kier molecular flexibility index (Phi) is 3.59. The van der Waals surface area contributed by atoms with Crippen molar-refractivity contribution >= 4 is 18.5 Å². The van der Waals surface area contributed by atoms with E-state index in [1.165, 1.54) is 12.8 Å². The Hall–Kier alpha value is -1.33. The number of nitrogens with zero attached hydrogens (tertiary/aromatic N) is 1. The molecular formula is C19H26BNO3. The Morgan fingerprint density at radius 3 is 2.33 bits per heavy atom. The molecule has 1 aromatic rings. The lowest BCUT2D eigenvalue weighted by molar-refractivity contribution is 0.00578. The summed E-state index contributed by atoms with van der Waals surface area (Å²) in [5, 5.41) is 0. The lowest BCUT2D eigenvalue weighted by atomic mass is 9.75. The predicted molar refractivity (Wildman–Crippen MR) is 94.3 cm³/mol. The second kappa shape index (κ2) is 5.33. The molecule has 1 aromatic carbocycles. The van der Waals surface area contributed by atoms with Crippen molar-refractivity contribution in [1.82, 2.24) is 4.90 Å². The zero-order valence-corrected chi connectivity index (χ0v) is 15.1. The highest BCUT2D eigenvalue weighted by Gasteiger charge is 2.53. The van der Waals surface area contributed by atoms with E-state index in [4.69, 9.17) is 9.31 Å². The third-order valence-corrected chi connectivity index (χ3v) is 6.30. The highest BCUT2D eigenvalue weighted by molar-refractivity contribution is 6.62. The molecule has 4 nitrogen and oxygen atoms in total. The number of fused-ring (bicyclic) bond motifs is 1. The van der Waals surface area contributed by atoms with Gasteiger partial charge in [0.05, 0.1) is 11.2 Å². The average molecular weight is 327 g/mol. The Labute approximate surface area is 144 Å². The van der Waals surface area contributed by atoms with Gasteiger partial charge in [-0.2, -0.15) is 0 Å². The van der Waals surface area contributed by atoms with E-state index in [9.17, 15) is 4.79 Å². The average Bonchev–Trinajstić information content (AvgIpc) is 3.18. The molecule has 3 aliphatic rings. The first-order valence-electron chi connectivity index (χ1n) is 9.08. The molecule has 0 spiro atoms. The van der Waals surface area contributed by atoms with Crippen LogP contribution in [0.2, 0.25) is 0 Å². The van der Waals surface area contributed by atoms with Gasteiger partial charge in [0.25, 0.3) is 5.91 Å². The second-order valence-corrected chi connectivity index (χ2v) is 8.33. The van der Waals surface area contributed by atoms with Crippen LogP contribution in [0.5, 0.6) is 0 Å². The first-order valence-corrected chi connectivity index (χ1v) is 9.08. The second-order valence-electron chi connectivity index (χ2n) is 8.33. The summed E-state index contributed by atoms with van der Waals surface area (Å²) in [4.78, 5) is 14.9. The van der Waals surface area contributed by atoms with E-state index in [1.54, 1.807) is 0 Å². The maximum atomic E-state index is 12.8. The van der Waals surface area contributed by atoms with E-state index in [0.29, 0.717) is 12.6 Å². The quantitative estimate of drug-likeness (QED) is 0.784. The van der Waals surface area contributed by atoms with Crippen LogP contribution in [0, 0.1) is 0 Å². The van der Waals surface area contributed by atoms with Gasteiger partial charge in [-0.1, -0.05) is 25.0 Å². The number of amides is 1. The molecule has 4 rings (SSSR count). The molecule has 1 saturated heterocycles. The minimum atomic E-state index is -0.402. The number of hydrogen-bond acceptors (Lipinski definition) is 3. The SMILES string of the molecule is CC1(C)OB(c2cccc3c2CN(C2CCCC2)C3=O)OC1(C)C. The van der Waals surface area contributed by atoms with E-state index in [-0.39, 0.29) is 17.1 Å². The smallest absolute Gasteiger partial charge is 0.399 e. The molecule has 2 fully saturated rings. The minimum absolute atomic E-state index is 0.176. The van der Waals surface area contributed by atoms with Crippen LogP contribution >= 0.6 is 0 Å². The topological polar surface area (TPSA) is 38.8 Å². The third-order valence-electron chi connectivity index (χ3n) is 6.30. The van der Waals surface area contributed by atoms with Crippen molar-refractivity contribution < 1.29 is 14.1 Å². The van der Waals surface area contributed by atoms with Gasteiger partial charge in [0.1, 0.15) is 0 Å². The lowest BCUT2D eigenvalue weighted by Gasteiger charge is -2.32. The lowest BCUT2D eigenvalue weighted by Crippen LogP contribution is -2.41. The van der Waals surface area contributed by atoms with Gasteiger partial charge in [-0.05, 0) is 57.6 Å².